The largest absolute Gasteiger partial charge is 0.497 e. The number of aromatic nitrogens is 5. The molecule has 0 bridgehead atoms. The van der Waals surface area contributed by atoms with E-state index in [0.717, 1.165) is 47.8 Å². The number of hydrogen-bond acceptors (Lipinski definition) is 5. The summed E-state index contributed by atoms with van der Waals surface area (Å²) < 4.78 is 7.40. The predicted molar refractivity (Wildman–Crippen MR) is 109 cm³/mol. The molecular weight excluding hydrogens is 364 g/mol. The van der Waals surface area contributed by atoms with Crippen LogP contribution < -0.4 is 4.74 Å². The minimum absolute atomic E-state index is 0.0513. The maximum Gasteiger partial charge on any atom is 0.119 e. The van der Waals surface area contributed by atoms with Crippen molar-refractivity contribution in [2.45, 2.75) is 19.0 Å². The van der Waals surface area contributed by atoms with Gasteiger partial charge < -0.3 is 9.72 Å². The molecule has 0 fully saturated rings. The highest BCUT2D eigenvalue weighted by Gasteiger charge is 2.31. The first-order valence-corrected chi connectivity index (χ1v) is 9.66. The van der Waals surface area contributed by atoms with Crippen LogP contribution in [0.3, 0.4) is 0 Å². The zero-order valence-electron chi connectivity index (χ0n) is 16.2. The zero-order valence-corrected chi connectivity index (χ0v) is 16.2. The third-order valence-corrected chi connectivity index (χ3v) is 5.44. The molecule has 0 spiro atoms. The van der Waals surface area contributed by atoms with Crippen molar-refractivity contribution < 1.29 is 4.74 Å². The number of nitrogens with one attached hydrogen (secondary N) is 1. The number of methoxy groups -OCH3 is 1. The van der Waals surface area contributed by atoms with Gasteiger partial charge in [0.05, 0.1) is 30.9 Å². The smallest absolute Gasteiger partial charge is 0.119 e. The fourth-order valence-electron chi connectivity index (χ4n) is 4.07. The molecule has 146 valence electrons. The van der Waals surface area contributed by atoms with Gasteiger partial charge in [-0.3, -0.25) is 9.88 Å². The van der Waals surface area contributed by atoms with Crippen molar-refractivity contribution in [1.82, 2.24) is 29.6 Å². The van der Waals surface area contributed by atoms with Crippen molar-refractivity contribution in [1.29, 1.82) is 0 Å². The van der Waals surface area contributed by atoms with Crippen molar-refractivity contribution in [3.8, 4) is 11.4 Å². The highest BCUT2D eigenvalue weighted by molar-refractivity contribution is 5.46. The van der Waals surface area contributed by atoms with E-state index < -0.39 is 0 Å². The predicted octanol–water partition coefficient (Wildman–Crippen LogP) is 3.15. The van der Waals surface area contributed by atoms with Crippen molar-refractivity contribution in [3.05, 3.63) is 90.0 Å². The summed E-state index contributed by atoms with van der Waals surface area (Å²) in [4.78, 5) is 14.7. The Hall–Kier alpha value is -3.45. The lowest BCUT2D eigenvalue weighted by molar-refractivity contribution is 0.199. The summed E-state index contributed by atoms with van der Waals surface area (Å²) in [5.41, 5.74) is 5.62. The number of imidazole rings is 1. The fourth-order valence-corrected chi connectivity index (χ4v) is 4.07. The van der Waals surface area contributed by atoms with Gasteiger partial charge in [-0.05, 0) is 41.5 Å². The van der Waals surface area contributed by atoms with Crippen molar-refractivity contribution >= 4 is 0 Å². The van der Waals surface area contributed by atoms with Crippen LogP contribution in [0.5, 0.6) is 5.75 Å². The summed E-state index contributed by atoms with van der Waals surface area (Å²) in [6.45, 7) is 1.67. The molecule has 0 amide bonds. The zero-order chi connectivity index (χ0) is 19.6. The van der Waals surface area contributed by atoms with E-state index in [1.807, 2.05) is 35.3 Å². The lowest BCUT2D eigenvalue weighted by Crippen LogP contribution is -2.36. The van der Waals surface area contributed by atoms with E-state index in [1.54, 1.807) is 25.8 Å². The molecule has 4 heterocycles. The SMILES string of the molecule is COc1ccc(-n2cccn2)c(CN2CCc3[nH]cnc3[C@@H]2c2cccnc2)c1. The molecule has 1 atom stereocenters. The lowest BCUT2D eigenvalue weighted by atomic mass is 9.96. The van der Waals surface area contributed by atoms with Crippen LogP contribution in [0.1, 0.15) is 28.6 Å². The number of rotatable bonds is 5. The molecular formula is C22H22N6O. The molecule has 0 unspecified atom stereocenters. The normalized spacial score (nSPS) is 16.5. The number of H-pyrrole nitrogens is 1. The minimum Gasteiger partial charge on any atom is -0.497 e. The second kappa shape index (κ2) is 7.52. The molecule has 7 nitrogen and oxygen atoms in total. The lowest BCUT2D eigenvalue weighted by Gasteiger charge is -2.35. The van der Waals surface area contributed by atoms with E-state index in [4.69, 9.17) is 4.74 Å². The van der Waals surface area contributed by atoms with Gasteiger partial charge in [0.1, 0.15) is 5.75 Å². The van der Waals surface area contributed by atoms with Crippen LogP contribution in [0.2, 0.25) is 0 Å². The summed E-state index contributed by atoms with van der Waals surface area (Å²) in [7, 11) is 1.70. The van der Waals surface area contributed by atoms with Crippen LogP contribution in [-0.4, -0.2) is 43.3 Å². The van der Waals surface area contributed by atoms with E-state index in [-0.39, 0.29) is 6.04 Å². The van der Waals surface area contributed by atoms with Gasteiger partial charge in [0, 0.05) is 50.0 Å². The molecule has 5 rings (SSSR count). The van der Waals surface area contributed by atoms with Gasteiger partial charge in [-0.25, -0.2) is 9.67 Å². The maximum atomic E-state index is 5.50. The molecule has 1 aromatic carbocycles. The highest BCUT2D eigenvalue weighted by atomic mass is 16.5. The van der Waals surface area contributed by atoms with E-state index in [0.29, 0.717) is 0 Å². The molecule has 4 aromatic rings. The van der Waals surface area contributed by atoms with Gasteiger partial charge in [-0.15, -0.1) is 0 Å². The summed E-state index contributed by atoms with van der Waals surface area (Å²) in [6.07, 6.45) is 10.2. The van der Waals surface area contributed by atoms with Crippen molar-refractivity contribution in [2.75, 3.05) is 13.7 Å². The fraction of sp³-hybridized carbons (Fsp3) is 0.227. The Bertz CT molecular complexity index is 1090. The van der Waals surface area contributed by atoms with E-state index in [2.05, 4.69) is 43.1 Å². The number of ether oxygens (including phenoxy) is 1. The molecule has 0 saturated carbocycles. The molecule has 3 aromatic heterocycles. The number of nitrogens with zero attached hydrogens (tertiary/aromatic N) is 5. The van der Waals surface area contributed by atoms with Crippen LogP contribution in [0, 0.1) is 0 Å². The standard InChI is InChI=1S/C22H22N6O/c1-29-18-5-6-20(28-10-3-9-26-28)17(12-18)14-27-11-7-19-21(25-15-24-19)22(27)16-4-2-8-23-13-16/h2-6,8-10,12-13,15,22H,7,11,14H2,1H3,(H,24,25)/t22-/m0/s1. The third-order valence-electron chi connectivity index (χ3n) is 5.44. The molecule has 1 aliphatic rings. The summed E-state index contributed by atoms with van der Waals surface area (Å²) in [5, 5.41) is 4.43. The van der Waals surface area contributed by atoms with Crippen LogP contribution >= 0.6 is 0 Å². The Labute approximate surface area is 169 Å². The number of fused-ring (bicyclic) bond motifs is 1. The summed E-state index contributed by atoms with van der Waals surface area (Å²) in [5.74, 6) is 0.839. The molecule has 1 aliphatic heterocycles. The topological polar surface area (TPSA) is 71.9 Å². The second-order valence-corrected chi connectivity index (χ2v) is 7.12. The minimum atomic E-state index is 0.0513. The van der Waals surface area contributed by atoms with Crippen LogP contribution in [0.25, 0.3) is 5.69 Å². The van der Waals surface area contributed by atoms with Gasteiger partial charge in [0.2, 0.25) is 0 Å². The number of aromatic amines is 1. The average molecular weight is 386 g/mol. The van der Waals surface area contributed by atoms with E-state index in [9.17, 15) is 0 Å². The Balaban J connectivity index is 1.56. The second-order valence-electron chi connectivity index (χ2n) is 7.12. The van der Waals surface area contributed by atoms with Gasteiger partial charge >= 0.3 is 0 Å². The number of pyridine rings is 1. The number of hydrogen-bond donors (Lipinski definition) is 1. The van der Waals surface area contributed by atoms with E-state index >= 15 is 0 Å². The van der Waals surface area contributed by atoms with Crippen molar-refractivity contribution in [2.24, 2.45) is 0 Å². The van der Waals surface area contributed by atoms with Gasteiger partial charge in [-0.1, -0.05) is 6.07 Å². The van der Waals surface area contributed by atoms with E-state index in [1.165, 1.54) is 5.69 Å². The Morgan fingerprint density at radius 3 is 2.97 bits per heavy atom. The van der Waals surface area contributed by atoms with Crippen LogP contribution in [-0.2, 0) is 13.0 Å². The number of benzene rings is 1. The third kappa shape index (κ3) is 3.30. The molecule has 1 N–H and O–H groups in total. The molecule has 0 aliphatic carbocycles. The Morgan fingerprint density at radius 1 is 1.21 bits per heavy atom. The Kier molecular flexibility index (Phi) is 4.57. The van der Waals surface area contributed by atoms with Crippen LogP contribution in [0.15, 0.2) is 67.5 Å². The summed E-state index contributed by atoms with van der Waals surface area (Å²) >= 11 is 0. The highest BCUT2D eigenvalue weighted by Crippen LogP contribution is 2.35. The maximum absolute atomic E-state index is 5.50. The van der Waals surface area contributed by atoms with Gasteiger partial charge in [0.25, 0.3) is 0 Å². The van der Waals surface area contributed by atoms with Crippen LogP contribution in [0.4, 0.5) is 0 Å². The summed E-state index contributed by atoms with van der Waals surface area (Å²) in [6, 6.07) is 12.2. The first-order valence-electron chi connectivity index (χ1n) is 9.66. The quantitative estimate of drug-likeness (QED) is 0.570. The molecule has 0 radical (unpaired) electrons. The van der Waals surface area contributed by atoms with Crippen molar-refractivity contribution in [3.63, 3.8) is 0 Å². The molecule has 0 saturated heterocycles. The average Bonchev–Trinajstić information content (AvgIpc) is 3.46. The monoisotopic (exact) mass is 386 g/mol. The molecule has 7 heteroatoms. The molecule has 29 heavy (non-hydrogen) atoms. The van der Waals surface area contributed by atoms with Gasteiger partial charge in [-0.2, -0.15) is 5.10 Å². The Morgan fingerprint density at radius 2 is 2.17 bits per heavy atom. The first-order chi connectivity index (χ1) is 14.3. The first kappa shape index (κ1) is 17.6. The van der Waals surface area contributed by atoms with Gasteiger partial charge in [0.15, 0.2) is 0 Å².